The van der Waals surface area contributed by atoms with Gasteiger partial charge in [0.25, 0.3) is 0 Å². The van der Waals surface area contributed by atoms with Gasteiger partial charge in [0, 0.05) is 18.2 Å². The Bertz CT molecular complexity index is 832. The van der Waals surface area contributed by atoms with Gasteiger partial charge in [-0.25, -0.2) is 4.39 Å². The SMILES string of the molecule is O=C(COCc1cc(-c2ccc(F)cc2)on1)NCCc1ccccc1. The highest BCUT2D eigenvalue weighted by Crippen LogP contribution is 2.20. The molecule has 0 atom stereocenters. The highest BCUT2D eigenvalue weighted by Gasteiger charge is 2.08. The van der Waals surface area contributed by atoms with E-state index in [1.807, 2.05) is 30.3 Å². The molecule has 1 N–H and O–H groups in total. The minimum Gasteiger partial charge on any atom is -0.365 e. The predicted octanol–water partition coefficient (Wildman–Crippen LogP) is 3.36. The molecule has 0 aliphatic rings. The van der Waals surface area contributed by atoms with Gasteiger partial charge >= 0.3 is 0 Å². The molecule has 3 aromatic rings. The molecule has 134 valence electrons. The normalized spacial score (nSPS) is 10.7. The minimum atomic E-state index is -0.310. The molecule has 3 rings (SSSR count). The van der Waals surface area contributed by atoms with Gasteiger partial charge < -0.3 is 14.6 Å². The number of amides is 1. The van der Waals surface area contributed by atoms with Crippen LogP contribution in [0.1, 0.15) is 11.3 Å². The van der Waals surface area contributed by atoms with Crippen LogP contribution in [-0.4, -0.2) is 24.2 Å². The van der Waals surface area contributed by atoms with Crippen molar-refractivity contribution in [3.05, 3.63) is 77.7 Å². The molecule has 1 heterocycles. The highest BCUT2D eigenvalue weighted by molar-refractivity contribution is 5.77. The number of benzene rings is 2. The summed E-state index contributed by atoms with van der Waals surface area (Å²) in [5.74, 6) is 0.0363. The summed E-state index contributed by atoms with van der Waals surface area (Å²) in [4.78, 5) is 11.8. The summed E-state index contributed by atoms with van der Waals surface area (Å²) < 4.78 is 23.5. The minimum absolute atomic E-state index is 0.0481. The molecule has 2 aromatic carbocycles. The van der Waals surface area contributed by atoms with E-state index in [-0.39, 0.29) is 24.9 Å². The highest BCUT2D eigenvalue weighted by atomic mass is 19.1. The third kappa shape index (κ3) is 5.26. The summed E-state index contributed by atoms with van der Waals surface area (Å²) in [5, 5.41) is 6.70. The Morgan fingerprint density at radius 3 is 2.65 bits per heavy atom. The van der Waals surface area contributed by atoms with Gasteiger partial charge in [-0.3, -0.25) is 4.79 Å². The summed E-state index contributed by atoms with van der Waals surface area (Å²) in [5.41, 5.74) is 2.47. The van der Waals surface area contributed by atoms with Crippen LogP contribution in [0.5, 0.6) is 0 Å². The molecule has 0 aliphatic carbocycles. The number of aromatic nitrogens is 1. The van der Waals surface area contributed by atoms with Crippen molar-refractivity contribution in [1.29, 1.82) is 0 Å². The molecule has 1 aromatic heterocycles. The van der Waals surface area contributed by atoms with E-state index in [1.54, 1.807) is 18.2 Å². The van der Waals surface area contributed by atoms with Crippen molar-refractivity contribution in [1.82, 2.24) is 10.5 Å². The molecule has 5 nitrogen and oxygen atoms in total. The first-order valence-electron chi connectivity index (χ1n) is 8.30. The third-order valence-electron chi connectivity index (χ3n) is 3.75. The molecule has 0 spiro atoms. The maximum atomic E-state index is 12.9. The lowest BCUT2D eigenvalue weighted by atomic mass is 10.1. The van der Waals surface area contributed by atoms with Crippen LogP contribution >= 0.6 is 0 Å². The molecule has 0 saturated heterocycles. The number of carbonyl (C=O) groups is 1. The summed E-state index contributed by atoms with van der Waals surface area (Å²) in [6.07, 6.45) is 0.775. The molecule has 6 heteroatoms. The molecule has 0 unspecified atom stereocenters. The molecular formula is C20H19FN2O3. The Morgan fingerprint density at radius 1 is 1.12 bits per heavy atom. The smallest absolute Gasteiger partial charge is 0.246 e. The second-order valence-corrected chi connectivity index (χ2v) is 5.77. The average Bonchev–Trinajstić information content (AvgIpc) is 3.12. The molecule has 0 aliphatic heterocycles. The summed E-state index contributed by atoms with van der Waals surface area (Å²) >= 11 is 0. The van der Waals surface area contributed by atoms with Crippen LogP contribution in [0.4, 0.5) is 4.39 Å². The van der Waals surface area contributed by atoms with Gasteiger partial charge in [-0.1, -0.05) is 35.5 Å². The van der Waals surface area contributed by atoms with Crippen molar-refractivity contribution in [3.63, 3.8) is 0 Å². The van der Waals surface area contributed by atoms with E-state index in [4.69, 9.17) is 9.26 Å². The van der Waals surface area contributed by atoms with E-state index < -0.39 is 0 Å². The van der Waals surface area contributed by atoms with Gasteiger partial charge in [0.2, 0.25) is 5.91 Å². The largest absolute Gasteiger partial charge is 0.365 e. The molecule has 1 amide bonds. The number of hydrogen-bond acceptors (Lipinski definition) is 4. The van der Waals surface area contributed by atoms with E-state index in [9.17, 15) is 9.18 Å². The zero-order valence-electron chi connectivity index (χ0n) is 14.2. The quantitative estimate of drug-likeness (QED) is 0.674. The zero-order chi connectivity index (χ0) is 18.2. The number of hydrogen-bond donors (Lipinski definition) is 1. The van der Waals surface area contributed by atoms with E-state index in [0.29, 0.717) is 18.0 Å². The fourth-order valence-corrected chi connectivity index (χ4v) is 2.42. The molecule has 0 bridgehead atoms. The lowest BCUT2D eigenvalue weighted by Gasteiger charge is -2.05. The Labute approximate surface area is 150 Å². The van der Waals surface area contributed by atoms with Crippen molar-refractivity contribution in [2.75, 3.05) is 13.2 Å². The maximum Gasteiger partial charge on any atom is 0.246 e. The number of ether oxygens (including phenoxy) is 1. The predicted molar refractivity (Wildman–Crippen MR) is 94.7 cm³/mol. The number of halogens is 1. The van der Waals surface area contributed by atoms with E-state index >= 15 is 0 Å². The van der Waals surface area contributed by atoms with Crippen LogP contribution in [0.3, 0.4) is 0 Å². The summed E-state index contributed by atoms with van der Waals surface area (Å²) in [6, 6.07) is 17.6. The van der Waals surface area contributed by atoms with Crippen molar-refractivity contribution in [3.8, 4) is 11.3 Å². The monoisotopic (exact) mass is 354 g/mol. The molecular weight excluding hydrogens is 335 g/mol. The van der Waals surface area contributed by atoms with Gasteiger partial charge in [-0.15, -0.1) is 0 Å². The van der Waals surface area contributed by atoms with Crippen LogP contribution in [0, 0.1) is 5.82 Å². The number of carbonyl (C=O) groups excluding carboxylic acids is 1. The van der Waals surface area contributed by atoms with E-state index in [1.165, 1.54) is 17.7 Å². The molecule has 0 fully saturated rings. The standard InChI is InChI=1S/C20H19FN2O3/c21-17-8-6-16(7-9-17)19-12-18(23-26-19)13-25-14-20(24)22-11-10-15-4-2-1-3-5-15/h1-9,12H,10-11,13-14H2,(H,22,24). The number of nitrogens with one attached hydrogen (secondary N) is 1. The van der Waals surface area contributed by atoms with Gasteiger partial charge in [-0.05, 0) is 36.2 Å². The first kappa shape index (κ1) is 17.8. The fourth-order valence-electron chi connectivity index (χ4n) is 2.42. The van der Waals surface area contributed by atoms with E-state index in [0.717, 1.165) is 12.0 Å². The molecule has 0 saturated carbocycles. The Hall–Kier alpha value is -2.99. The van der Waals surface area contributed by atoms with E-state index in [2.05, 4.69) is 10.5 Å². The first-order valence-corrected chi connectivity index (χ1v) is 8.30. The van der Waals surface area contributed by atoms with Crippen LogP contribution in [0.25, 0.3) is 11.3 Å². The Balaban J connectivity index is 1.38. The fraction of sp³-hybridized carbons (Fsp3) is 0.200. The average molecular weight is 354 g/mol. The summed E-state index contributed by atoms with van der Waals surface area (Å²) in [6.45, 7) is 0.676. The van der Waals surface area contributed by atoms with Gasteiger partial charge in [-0.2, -0.15) is 0 Å². The lowest BCUT2D eigenvalue weighted by Crippen LogP contribution is -2.29. The maximum absolute atomic E-state index is 12.9. The van der Waals surface area contributed by atoms with Crippen molar-refractivity contribution in [2.24, 2.45) is 0 Å². The molecule has 0 radical (unpaired) electrons. The topological polar surface area (TPSA) is 64.4 Å². The van der Waals surface area contributed by atoms with Gasteiger partial charge in [0.05, 0.1) is 6.61 Å². The number of nitrogens with zero attached hydrogens (tertiary/aromatic N) is 1. The summed E-state index contributed by atoms with van der Waals surface area (Å²) in [7, 11) is 0. The Morgan fingerprint density at radius 2 is 1.88 bits per heavy atom. The van der Waals surface area contributed by atoms with Crippen molar-refractivity contribution < 1.29 is 18.4 Å². The lowest BCUT2D eigenvalue weighted by molar-refractivity contribution is -0.126. The second kappa shape index (κ2) is 8.92. The zero-order valence-corrected chi connectivity index (χ0v) is 14.2. The van der Waals surface area contributed by atoms with Crippen molar-refractivity contribution >= 4 is 5.91 Å². The van der Waals surface area contributed by atoms with Crippen molar-refractivity contribution in [2.45, 2.75) is 13.0 Å². The van der Waals surface area contributed by atoms with Gasteiger partial charge in [0.1, 0.15) is 18.1 Å². The van der Waals surface area contributed by atoms with Crippen LogP contribution in [0.15, 0.2) is 65.2 Å². The molecule has 26 heavy (non-hydrogen) atoms. The second-order valence-electron chi connectivity index (χ2n) is 5.77. The third-order valence-corrected chi connectivity index (χ3v) is 3.75. The van der Waals surface area contributed by atoms with Crippen LogP contribution in [-0.2, 0) is 22.6 Å². The first-order chi connectivity index (χ1) is 12.7. The Kier molecular flexibility index (Phi) is 6.11. The number of rotatable bonds is 8. The van der Waals surface area contributed by atoms with Crippen LogP contribution < -0.4 is 5.32 Å². The van der Waals surface area contributed by atoms with Crippen LogP contribution in [0.2, 0.25) is 0 Å². The van der Waals surface area contributed by atoms with Gasteiger partial charge in [0.15, 0.2) is 5.76 Å².